The van der Waals surface area contributed by atoms with Crippen LogP contribution in [0, 0.1) is 11.3 Å². The van der Waals surface area contributed by atoms with E-state index in [1.165, 1.54) is 13.2 Å². The van der Waals surface area contributed by atoms with Gasteiger partial charge in [0.15, 0.2) is 23.0 Å². The van der Waals surface area contributed by atoms with Gasteiger partial charge in [-0.2, -0.15) is 5.26 Å². The number of methoxy groups -OCH3 is 2. The molecule has 0 unspecified atom stereocenters. The lowest BCUT2D eigenvalue weighted by Crippen LogP contribution is -2.13. The number of anilines is 1. The van der Waals surface area contributed by atoms with Crippen LogP contribution in [-0.4, -0.2) is 26.7 Å². The Balaban J connectivity index is 1.47. The fourth-order valence-electron chi connectivity index (χ4n) is 4.07. The molecule has 0 fully saturated rings. The molecule has 8 nitrogen and oxygen atoms in total. The number of amides is 1. The quantitative estimate of drug-likeness (QED) is 0.119. The molecule has 1 amide bonds. The second-order valence-electron chi connectivity index (χ2n) is 9.16. The molecule has 43 heavy (non-hydrogen) atoms. The molecule has 0 heterocycles. The Bertz CT molecular complexity index is 1610. The maximum atomic E-state index is 12.8. The fraction of sp³-hybridized carbons (Fsp3) is 0.176. The second-order valence-corrected chi connectivity index (χ2v) is 10.0. The normalized spacial score (nSPS) is 10.8. The van der Waals surface area contributed by atoms with E-state index >= 15 is 0 Å². The number of hydrogen-bond acceptors (Lipinski definition) is 7. The summed E-state index contributed by atoms with van der Waals surface area (Å²) in [7, 11) is 3.08. The Morgan fingerprint density at radius 2 is 1.58 bits per heavy atom. The van der Waals surface area contributed by atoms with Gasteiger partial charge in [0.25, 0.3) is 5.91 Å². The lowest BCUT2D eigenvalue weighted by molar-refractivity contribution is -0.112. The van der Waals surface area contributed by atoms with Gasteiger partial charge in [-0.05, 0) is 94.2 Å². The van der Waals surface area contributed by atoms with Crippen LogP contribution >= 0.6 is 15.9 Å². The average molecular weight is 644 g/mol. The molecule has 0 aliphatic carbocycles. The van der Waals surface area contributed by atoms with Crippen LogP contribution in [0.5, 0.6) is 28.7 Å². The van der Waals surface area contributed by atoms with Crippen LogP contribution < -0.4 is 29.0 Å². The number of hydrogen-bond donors (Lipinski definition) is 1. The molecular weight excluding hydrogens is 612 g/mol. The number of carbonyl (C=O) groups excluding carboxylic acids is 1. The Morgan fingerprint density at radius 3 is 2.26 bits per heavy atom. The van der Waals surface area contributed by atoms with Crippen LogP contribution in [-0.2, 0) is 18.0 Å². The zero-order valence-electron chi connectivity index (χ0n) is 24.1. The summed E-state index contributed by atoms with van der Waals surface area (Å²) >= 11 is 3.55. The first-order chi connectivity index (χ1) is 20.9. The zero-order valence-corrected chi connectivity index (χ0v) is 25.6. The van der Waals surface area contributed by atoms with E-state index in [1.54, 1.807) is 43.5 Å². The molecule has 0 radical (unpaired) electrons. The van der Waals surface area contributed by atoms with Gasteiger partial charge in [-0.15, -0.1) is 0 Å². The summed E-state index contributed by atoms with van der Waals surface area (Å²) in [6, 6.07) is 27.8. The summed E-state index contributed by atoms with van der Waals surface area (Å²) < 4.78 is 29.3. The average Bonchev–Trinajstić information content (AvgIpc) is 3.03. The molecule has 9 heteroatoms. The Labute approximate surface area is 259 Å². The molecule has 220 valence electrons. The number of carbonyl (C=O) groups is 1. The molecule has 0 aromatic heterocycles. The van der Waals surface area contributed by atoms with Crippen molar-refractivity contribution in [3.8, 4) is 34.8 Å². The third kappa shape index (κ3) is 8.53. The molecule has 0 saturated heterocycles. The second kappa shape index (κ2) is 15.3. The van der Waals surface area contributed by atoms with Gasteiger partial charge < -0.3 is 29.0 Å². The maximum absolute atomic E-state index is 12.8. The van der Waals surface area contributed by atoms with Crippen LogP contribution in [0.3, 0.4) is 0 Å². The lowest BCUT2D eigenvalue weighted by atomic mass is 10.1. The molecule has 0 bridgehead atoms. The molecule has 4 aromatic carbocycles. The summed E-state index contributed by atoms with van der Waals surface area (Å²) in [5.41, 5.74) is 2.98. The number of nitriles is 1. The highest BCUT2D eigenvalue weighted by Gasteiger charge is 2.15. The first-order valence-electron chi connectivity index (χ1n) is 13.4. The van der Waals surface area contributed by atoms with Crippen molar-refractivity contribution in [3.63, 3.8) is 0 Å². The number of ether oxygens (including phenoxy) is 5. The first kappa shape index (κ1) is 31.0. The van der Waals surface area contributed by atoms with Crippen molar-refractivity contribution in [2.75, 3.05) is 26.1 Å². The predicted octanol–water partition coefficient (Wildman–Crippen LogP) is 7.57. The molecule has 0 atom stereocenters. The topological polar surface area (TPSA) is 99.0 Å². The third-order valence-corrected chi connectivity index (χ3v) is 6.79. The predicted molar refractivity (Wildman–Crippen MR) is 169 cm³/mol. The molecule has 0 aliphatic rings. The molecule has 1 N–H and O–H groups in total. The number of benzene rings is 4. The Kier molecular flexibility index (Phi) is 11.1. The van der Waals surface area contributed by atoms with Crippen LogP contribution in [0.1, 0.15) is 23.6 Å². The molecule has 0 spiro atoms. The van der Waals surface area contributed by atoms with Gasteiger partial charge in [-0.25, -0.2) is 0 Å². The van der Waals surface area contributed by atoms with Crippen molar-refractivity contribution >= 4 is 33.6 Å². The van der Waals surface area contributed by atoms with Gasteiger partial charge in [0, 0.05) is 5.69 Å². The van der Waals surface area contributed by atoms with E-state index in [1.807, 2.05) is 61.5 Å². The Morgan fingerprint density at radius 1 is 0.837 bits per heavy atom. The molecule has 4 aromatic rings. The third-order valence-electron chi connectivity index (χ3n) is 6.20. The highest BCUT2D eigenvalue weighted by Crippen LogP contribution is 2.38. The van der Waals surface area contributed by atoms with Gasteiger partial charge >= 0.3 is 0 Å². The molecule has 4 rings (SSSR count). The highest BCUT2D eigenvalue weighted by atomic mass is 79.9. The largest absolute Gasteiger partial charge is 0.497 e. The van der Waals surface area contributed by atoms with Crippen LogP contribution in [0.2, 0.25) is 0 Å². The summed E-state index contributed by atoms with van der Waals surface area (Å²) in [6.07, 6.45) is 1.48. The number of nitrogens with one attached hydrogen (secondary N) is 1. The minimum Gasteiger partial charge on any atom is -0.497 e. The van der Waals surface area contributed by atoms with Crippen LogP contribution in [0.25, 0.3) is 6.08 Å². The molecular formula is C34H31BrN2O6. The van der Waals surface area contributed by atoms with Crippen molar-refractivity contribution in [3.05, 3.63) is 112 Å². The van der Waals surface area contributed by atoms with E-state index in [4.69, 9.17) is 23.7 Å². The standard InChI is InChI=1S/C34H31BrN2O6/c1-4-41-31-18-24(10-15-30(31)42-21-23-8-6-5-7-9-23)22-43-33-29(35)17-25(19-32(33)40-3)16-26(20-36)34(38)37-27-11-13-28(39-2)14-12-27/h5-19H,4,21-22H2,1-3H3,(H,37,38)/b26-16-. The SMILES string of the molecule is CCOc1cc(COc2c(Br)cc(/C=C(/C#N)C(=O)Nc3ccc(OC)cc3)cc2OC)ccc1OCc1ccccc1. The van der Waals surface area contributed by atoms with Crippen LogP contribution in [0.15, 0.2) is 95.0 Å². The summed E-state index contributed by atoms with van der Waals surface area (Å²) in [5.74, 6) is 2.30. The smallest absolute Gasteiger partial charge is 0.266 e. The van der Waals surface area contributed by atoms with Gasteiger partial charge in [0.2, 0.25) is 0 Å². The van der Waals surface area contributed by atoms with E-state index in [2.05, 4.69) is 21.2 Å². The summed E-state index contributed by atoms with van der Waals surface area (Å²) in [6.45, 7) is 3.07. The van der Waals surface area contributed by atoms with Crippen LogP contribution in [0.4, 0.5) is 5.69 Å². The lowest BCUT2D eigenvalue weighted by Gasteiger charge is -2.16. The fourth-order valence-corrected chi connectivity index (χ4v) is 4.65. The number of halogens is 1. The summed E-state index contributed by atoms with van der Waals surface area (Å²) in [4.78, 5) is 12.8. The van der Waals surface area contributed by atoms with E-state index in [-0.39, 0.29) is 12.2 Å². The highest BCUT2D eigenvalue weighted by molar-refractivity contribution is 9.10. The van der Waals surface area contributed by atoms with Crippen molar-refractivity contribution in [1.29, 1.82) is 5.26 Å². The molecule has 0 saturated carbocycles. The van der Waals surface area contributed by atoms with Gasteiger partial charge in [-0.3, -0.25) is 4.79 Å². The van der Waals surface area contributed by atoms with E-state index < -0.39 is 5.91 Å². The Hall–Kier alpha value is -4.94. The van der Waals surface area contributed by atoms with Crippen molar-refractivity contribution in [2.24, 2.45) is 0 Å². The monoisotopic (exact) mass is 642 g/mol. The number of rotatable bonds is 13. The van der Waals surface area contributed by atoms with Gasteiger partial charge in [-0.1, -0.05) is 36.4 Å². The first-order valence-corrected chi connectivity index (χ1v) is 14.2. The van der Waals surface area contributed by atoms with E-state index in [0.29, 0.717) is 57.7 Å². The van der Waals surface area contributed by atoms with Crippen molar-refractivity contribution < 1.29 is 28.5 Å². The maximum Gasteiger partial charge on any atom is 0.266 e. The van der Waals surface area contributed by atoms with Gasteiger partial charge in [0.05, 0.1) is 25.3 Å². The van der Waals surface area contributed by atoms with Crippen molar-refractivity contribution in [2.45, 2.75) is 20.1 Å². The number of nitrogens with zero attached hydrogens (tertiary/aromatic N) is 1. The zero-order chi connectivity index (χ0) is 30.6. The van der Waals surface area contributed by atoms with Gasteiger partial charge in [0.1, 0.15) is 30.6 Å². The summed E-state index contributed by atoms with van der Waals surface area (Å²) in [5, 5.41) is 12.4. The minimum absolute atomic E-state index is 0.0727. The minimum atomic E-state index is -0.538. The van der Waals surface area contributed by atoms with Crippen molar-refractivity contribution in [1.82, 2.24) is 0 Å². The van der Waals surface area contributed by atoms with E-state index in [9.17, 15) is 10.1 Å². The molecule has 0 aliphatic heterocycles. The van der Waals surface area contributed by atoms with E-state index in [0.717, 1.165) is 11.1 Å².